The fourth-order valence-electron chi connectivity index (χ4n) is 2.31. The Labute approximate surface area is 183 Å². The summed E-state index contributed by atoms with van der Waals surface area (Å²) in [6.45, 7) is 5.18. The molecule has 1 aromatic carbocycles. The molecule has 8 nitrogen and oxygen atoms in total. The van der Waals surface area contributed by atoms with Crippen LogP contribution in [0.5, 0.6) is 0 Å². The van der Waals surface area contributed by atoms with Gasteiger partial charge in [-0.05, 0) is 24.1 Å². The molecule has 0 unspecified atom stereocenters. The van der Waals surface area contributed by atoms with E-state index in [0.29, 0.717) is 25.0 Å². The van der Waals surface area contributed by atoms with Gasteiger partial charge in [-0.15, -0.1) is 24.0 Å². The van der Waals surface area contributed by atoms with Gasteiger partial charge in [0.2, 0.25) is 10.0 Å². The van der Waals surface area contributed by atoms with E-state index in [9.17, 15) is 8.42 Å². The zero-order chi connectivity index (χ0) is 19.9. The van der Waals surface area contributed by atoms with E-state index in [0.717, 1.165) is 22.6 Å². The van der Waals surface area contributed by atoms with E-state index < -0.39 is 10.0 Å². The molecule has 0 atom stereocenters. The van der Waals surface area contributed by atoms with Crippen LogP contribution in [0.25, 0.3) is 0 Å². The molecule has 0 fully saturated rings. The number of nitrogens with zero attached hydrogens (tertiary/aromatic N) is 2. The van der Waals surface area contributed by atoms with E-state index in [2.05, 4.69) is 39.4 Å². The van der Waals surface area contributed by atoms with Gasteiger partial charge in [0.1, 0.15) is 0 Å². The number of rotatable bonds is 8. The maximum Gasteiger partial charge on any atom is 0.215 e. The molecule has 10 heteroatoms. The first-order chi connectivity index (χ1) is 12.8. The normalized spacial score (nSPS) is 12.0. The molecule has 0 aliphatic rings. The van der Waals surface area contributed by atoms with Crippen LogP contribution in [0.4, 0.5) is 0 Å². The first kappa shape index (κ1) is 24.4. The number of benzene rings is 1. The van der Waals surface area contributed by atoms with Gasteiger partial charge < -0.3 is 15.2 Å². The van der Waals surface area contributed by atoms with Crippen LogP contribution in [-0.2, 0) is 28.9 Å². The SMILES string of the molecule is CN=C(NCc1ccc(CS(=O)(=O)NC)cc1)NCc1cc(C(C)C)no1.I. The van der Waals surface area contributed by atoms with Gasteiger partial charge in [0.15, 0.2) is 11.7 Å². The minimum Gasteiger partial charge on any atom is -0.359 e. The number of nitrogens with one attached hydrogen (secondary N) is 3. The van der Waals surface area contributed by atoms with Gasteiger partial charge in [-0.25, -0.2) is 13.1 Å². The highest BCUT2D eigenvalue weighted by atomic mass is 127. The van der Waals surface area contributed by atoms with Crippen molar-refractivity contribution >= 4 is 40.0 Å². The third-order valence-electron chi connectivity index (χ3n) is 3.97. The van der Waals surface area contributed by atoms with Crippen molar-refractivity contribution in [3.63, 3.8) is 0 Å². The summed E-state index contributed by atoms with van der Waals surface area (Å²) in [4.78, 5) is 4.18. The van der Waals surface area contributed by atoms with E-state index >= 15 is 0 Å². The molecule has 1 heterocycles. The van der Waals surface area contributed by atoms with Crippen molar-refractivity contribution in [3.8, 4) is 0 Å². The molecule has 0 aliphatic heterocycles. The minimum atomic E-state index is -3.26. The zero-order valence-electron chi connectivity index (χ0n) is 16.5. The van der Waals surface area contributed by atoms with Crippen molar-refractivity contribution < 1.29 is 12.9 Å². The summed E-state index contributed by atoms with van der Waals surface area (Å²) in [6.07, 6.45) is 0. The van der Waals surface area contributed by atoms with E-state index in [-0.39, 0.29) is 29.7 Å². The first-order valence-corrected chi connectivity index (χ1v) is 10.4. The summed E-state index contributed by atoms with van der Waals surface area (Å²) >= 11 is 0. The average molecular weight is 521 g/mol. The minimum absolute atomic E-state index is 0. The molecule has 0 saturated heterocycles. The van der Waals surface area contributed by atoms with Crippen LogP contribution in [0, 0.1) is 0 Å². The van der Waals surface area contributed by atoms with E-state index in [1.165, 1.54) is 7.05 Å². The van der Waals surface area contributed by atoms with E-state index in [1.54, 1.807) is 7.05 Å². The molecule has 0 spiro atoms. The molecule has 0 amide bonds. The molecular formula is C18H28IN5O3S. The van der Waals surface area contributed by atoms with Crippen molar-refractivity contribution in [2.45, 2.75) is 38.6 Å². The smallest absolute Gasteiger partial charge is 0.215 e. The molecule has 0 aliphatic carbocycles. The summed E-state index contributed by atoms with van der Waals surface area (Å²) in [5.74, 6) is 1.68. The maximum atomic E-state index is 11.6. The van der Waals surface area contributed by atoms with Crippen LogP contribution in [-0.4, -0.2) is 33.6 Å². The molecule has 28 heavy (non-hydrogen) atoms. The summed E-state index contributed by atoms with van der Waals surface area (Å²) in [5, 5.41) is 10.4. The van der Waals surface area contributed by atoms with Crippen LogP contribution >= 0.6 is 24.0 Å². The van der Waals surface area contributed by atoms with Crippen LogP contribution in [0.15, 0.2) is 39.8 Å². The van der Waals surface area contributed by atoms with Crippen LogP contribution in [0.2, 0.25) is 0 Å². The zero-order valence-corrected chi connectivity index (χ0v) is 19.7. The lowest BCUT2D eigenvalue weighted by Crippen LogP contribution is -2.36. The second kappa shape index (κ2) is 11.4. The maximum absolute atomic E-state index is 11.6. The lowest BCUT2D eigenvalue weighted by atomic mass is 10.1. The molecular weight excluding hydrogens is 493 g/mol. The number of aliphatic imine (C=N–C) groups is 1. The molecule has 2 rings (SSSR count). The molecule has 2 aromatic rings. The van der Waals surface area contributed by atoms with Crippen molar-refractivity contribution in [2.24, 2.45) is 4.99 Å². The summed E-state index contributed by atoms with van der Waals surface area (Å²) in [6, 6.07) is 9.34. The van der Waals surface area contributed by atoms with Gasteiger partial charge in [0.05, 0.1) is 18.0 Å². The number of hydrogen-bond acceptors (Lipinski definition) is 5. The average Bonchev–Trinajstić information content (AvgIpc) is 3.12. The summed E-state index contributed by atoms with van der Waals surface area (Å²) in [7, 11) is -0.155. The first-order valence-electron chi connectivity index (χ1n) is 8.72. The number of guanidine groups is 1. The predicted octanol–water partition coefficient (Wildman–Crippen LogP) is 2.33. The van der Waals surface area contributed by atoms with E-state index in [1.807, 2.05) is 30.3 Å². The Morgan fingerprint density at radius 1 is 1.14 bits per heavy atom. The molecule has 156 valence electrons. The Morgan fingerprint density at radius 3 is 2.29 bits per heavy atom. The van der Waals surface area contributed by atoms with Gasteiger partial charge in [0.25, 0.3) is 0 Å². The third-order valence-corrected chi connectivity index (χ3v) is 5.31. The van der Waals surface area contributed by atoms with Crippen LogP contribution in [0.1, 0.15) is 42.3 Å². The Bertz CT molecular complexity index is 864. The van der Waals surface area contributed by atoms with Crippen molar-refractivity contribution in [1.82, 2.24) is 20.5 Å². The monoisotopic (exact) mass is 521 g/mol. The van der Waals surface area contributed by atoms with Crippen molar-refractivity contribution in [1.29, 1.82) is 0 Å². The van der Waals surface area contributed by atoms with Crippen LogP contribution < -0.4 is 15.4 Å². The molecule has 0 bridgehead atoms. The highest BCUT2D eigenvalue weighted by Crippen LogP contribution is 2.13. The second-order valence-electron chi connectivity index (χ2n) is 6.43. The largest absolute Gasteiger partial charge is 0.359 e. The van der Waals surface area contributed by atoms with Crippen molar-refractivity contribution in [2.75, 3.05) is 14.1 Å². The summed E-state index contributed by atoms with van der Waals surface area (Å²) in [5.41, 5.74) is 2.68. The predicted molar refractivity (Wildman–Crippen MR) is 121 cm³/mol. The Hall–Kier alpha value is -1.66. The van der Waals surface area contributed by atoms with Gasteiger partial charge >= 0.3 is 0 Å². The number of halogens is 1. The number of aromatic nitrogens is 1. The van der Waals surface area contributed by atoms with Gasteiger partial charge in [-0.2, -0.15) is 0 Å². The Morgan fingerprint density at radius 2 is 1.75 bits per heavy atom. The fourth-order valence-corrected chi connectivity index (χ4v) is 3.08. The Balaban J connectivity index is 0.00000392. The molecule has 3 N–H and O–H groups in total. The summed E-state index contributed by atoms with van der Waals surface area (Å²) < 4.78 is 30.8. The fraction of sp³-hybridized carbons (Fsp3) is 0.444. The van der Waals surface area contributed by atoms with Gasteiger partial charge in [-0.1, -0.05) is 43.3 Å². The van der Waals surface area contributed by atoms with E-state index in [4.69, 9.17) is 4.52 Å². The number of hydrogen-bond donors (Lipinski definition) is 3. The topological polar surface area (TPSA) is 109 Å². The highest BCUT2D eigenvalue weighted by Gasteiger charge is 2.09. The molecule has 0 radical (unpaired) electrons. The number of sulfonamides is 1. The molecule has 0 saturated carbocycles. The van der Waals surface area contributed by atoms with Crippen molar-refractivity contribution in [3.05, 3.63) is 52.9 Å². The standard InChI is InChI=1S/C18H27N5O3S.HI/c1-13(2)17-9-16(26-23-17)11-22-18(19-3)21-10-14-5-7-15(8-6-14)12-27(24,25)20-4;/h5-9,13,20H,10-12H2,1-4H3,(H2,19,21,22);1H. The Kier molecular flexibility index (Phi) is 9.90. The van der Waals surface area contributed by atoms with Crippen LogP contribution in [0.3, 0.4) is 0 Å². The second-order valence-corrected chi connectivity index (χ2v) is 8.36. The molecule has 1 aromatic heterocycles. The lowest BCUT2D eigenvalue weighted by Gasteiger charge is -2.11. The third kappa shape index (κ3) is 7.76. The quantitative estimate of drug-likeness (QED) is 0.280. The van der Waals surface area contributed by atoms with Gasteiger partial charge in [-0.3, -0.25) is 4.99 Å². The van der Waals surface area contributed by atoms with Gasteiger partial charge in [0, 0.05) is 19.7 Å². The lowest BCUT2D eigenvalue weighted by molar-refractivity contribution is 0.372. The highest BCUT2D eigenvalue weighted by molar-refractivity contribution is 14.0.